The summed E-state index contributed by atoms with van der Waals surface area (Å²) in [6, 6.07) is 26.7. The van der Waals surface area contributed by atoms with E-state index in [9.17, 15) is 0 Å². The zero-order valence-electron chi connectivity index (χ0n) is 18.3. The topological polar surface area (TPSA) is 30.5 Å². The van der Waals surface area contributed by atoms with Gasteiger partial charge in [0.05, 0.1) is 0 Å². The molecular formula is C28H28ClNO2. The molecule has 0 amide bonds. The first-order valence-corrected chi connectivity index (χ1v) is 11.5. The lowest BCUT2D eigenvalue weighted by atomic mass is 9.94. The van der Waals surface area contributed by atoms with Crippen molar-refractivity contribution in [3.05, 3.63) is 119 Å². The second-order valence-corrected chi connectivity index (χ2v) is 8.08. The van der Waals surface area contributed by atoms with Crippen molar-refractivity contribution in [1.82, 2.24) is 5.32 Å². The van der Waals surface area contributed by atoms with Crippen LogP contribution in [0.1, 0.15) is 29.2 Å². The Morgan fingerprint density at radius 2 is 1.62 bits per heavy atom. The van der Waals surface area contributed by atoms with Crippen molar-refractivity contribution >= 4 is 17.3 Å². The molecule has 4 heteroatoms. The second kappa shape index (κ2) is 10.9. The van der Waals surface area contributed by atoms with Crippen LogP contribution in [-0.2, 0) is 24.4 Å². The Morgan fingerprint density at radius 1 is 0.938 bits per heavy atom. The predicted molar refractivity (Wildman–Crippen MR) is 132 cm³/mol. The fourth-order valence-corrected chi connectivity index (χ4v) is 3.99. The molecule has 0 spiro atoms. The van der Waals surface area contributed by atoms with Gasteiger partial charge < -0.3 is 14.8 Å². The summed E-state index contributed by atoms with van der Waals surface area (Å²) in [6.45, 7) is 4.03. The third-order valence-electron chi connectivity index (χ3n) is 5.53. The molecule has 1 aliphatic rings. The van der Waals surface area contributed by atoms with Crippen LogP contribution in [-0.4, -0.2) is 12.4 Å². The Hall–Kier alpha value is -3.17. The average molecular weight is 446 g/mol. The van der Waals surface area contributed by atoms with Crippen LogP contribution in [0.5, 0.6) is 5.75 Å². The SMILES string of the molecule is CC(=C1/NCCc2cc(OCc3ccccc3)ccc21)/C(=C\CCl)OCc1ccccc1. The maximum Gasteiger partial charge on any atom is 0.122 e. The van der Waals surface area contributed by atoms with Crippen LogP contribution in [0.3, 0.4) is 0 Å². The molecule has 0 atom stereocenters. The van der Waals surface area contributed by atoms with Gasteiger partial charge in [-0.25, -0.2) is 0 Å². The highest BCUT2D eigenvalue weighted by Gasteiger charge is 2.19. The van der Waals surface area contributed by atoms with Crippen molar-refractivity contribution in [2.75, 3.05) is 12.4 Å². The number of alkyl halides is 1. The van der Waals surface area contributed by atoms with Crippen LogP contribution in [0.25, 0.3) is 5.70 Å². The largest absolute Gasteiger partial charge is 0.489 e. The Labute approximate surface area is 195 Å². The summed E-state index contributed by atoms with van der Waals surface area (Å²) in [5.74, 6) is 2.10. The van der Waals surface area contributed by atoms with Gasteiger partial charge in [-0.05, 0) is 54.3 Å². The lowest BCUT2D eigenvalue weighted by molar-refractivity contribution is 0.206. The molecule has 0 aliphatic carbocycles. The van der Waals surface area contributed by atoms with Crippen molar-refractivity contribution in [2.45, 2.75) is 26.6 Å². The van der Waals surface area contributed by atoms with Crippen molar-refractivity contribution in [3.8, 4) is 5.75 Å². The molecular weight excluding hydrogens is 418 g/mol. The van der Waals surface area contributed by atoms with Gasteiger partial charge in [-0.2, -0.15) is 0 Å². The van der Waals surface area contributed by atoms with Gasteiger partial charge in [0, 0.05) is 29.3 Å². The molecule has 32 heavy (non-hydrogen) atoms. The maximum atomic E-state index is 6.16. The van der Waals surface area contributed by atoms with Gasteiger partial charge in [-0.3, -0.25) is 0 Å². The van der Waals surface area contributed by atoms with Gasteiger partial charge in [0.1, 0.15) is 24.7 Å². The summed E-state index contributed by atoms with van der Waals surface area (Å²) in [6.07, 6.45) is 2.88. The van der Waals surface area contributed by atoms with E-state index >= 15 is 0 Å². The van der Waals surface area contributed by atoms with Crippen LogP contribution in [0, 0.1) is 0 Å². The molecule has 0 unspecified atom stereocenters. The number of ether oxygens (including phenoxy) is 2. The van der Waals surface area contributed by atoms with Crippen molar-refractivity contribution in [2.24, 2.45) is 0 Å². The number of nitrogens with one attached hydrogen (secondary N) is 1. The number of benzene rings is 3. The minimum Gasteiger partial charge on any atom is -0.489 e. The summed E-state index contributed by atoms with van der Waals surface area (Å²) in [5, 5.41) is 3.56. The number of fused-ring (bicyclic) bond motifs is 1. The molecule has 3 nitrogen and oxygen atoms in total. The Balaban J connectivity index is 1.53. The van der Waals surface area contributed by atoms with E-state index in [4.69, 9.17) is 21.1 Å². The third-order valence-corrected chi connectivity index (χ3v) is 5.69. The van der Waals surface area contributed by atoms with Gasteiger partial charge in [-0.1, -0.05) is 60.7 Å². The van der Waals surface area contributed by atoms with E-state index < -0.39 is 0 Å². The van der Waals surface area contributed by atoms with Gasteiger partial charge in [-0.15, -0.1) is 11.6 Å². The molecule has 1 aliphatic heterocycles. The minimum absolute atomic E-state index is 0.397. The molecule has 0 fully saturated rings. The second-order valence-electron chi connectivity index (χ2n) is 7.77. The van der Waals surface area contributed by atoms with Crippen molar-refractivity contribution in [3.63, 3.8) is 0 Å². The average Bonchev–Trinajstić information content (AvgIpc) is 2.85. The lowest BCUT2D eigenvalue weighted by Crippen LogP contribution is -2.24. The number of hydrogen-bond acceptors (Lipinski definition) is 3. The number of hydrogen-bond donors (Lipinski definition) is 1. The molecule has 4 rings (SSSR count). The summed E-state index contributed by atoms with van der Waals surface area (Å²) in [4.78, 5) is 0. The van der Waals surface area contributed by atoms with Crippen LogP contribution in [0.15, 0.2) is 96.3 Å². The first-order valence-electron chi connectivity index (χ1n) is 10.9. The van der Waals surface area contributed by atoms with E-state index in [1.807, 2.05) is 48.5 Å². The molecule has 0 saturated heterocycles. The van der Waals surface area contributed by atoms with E-state index in [1.165, 1.54) is 11.1 Å². The number of allylic oxidation sites excluding steroid dienone is 2. The summed E-state index contributed by atoms with van der Waals surface area (Å²) < 4.78 is 12.2. The van der Waals surface area contributed by atoms with E-state index in [2.05, 4.69) is 48.6 Å². The van der Waals surface area contributed by atoms with Crippen LogP contribution < -0.4 is 10.1 Å². The van der Waals surface area contributed by atoms with Crippen molar-refractivity contribution in [1.29, 1.82) is 0 Å². The predicted octanol–water partition coefficient (Wildman–Crippen LogP) is 6.48. The molecule has 0 aromatic heterocycles. The molecule has 3 aromatic carbocycles. The quantitative estimate of drug-likeness (QED) is 0.318. The summed E-state index contributed by atoms with van der Waals surface area (Å²) in [7, 11) is 0. The van der Waals surface area contributed by atoms with Crippen molar-refractivity contribution < 1.29 is 9.47 Å². The van der Waals surface area contributed by atoms with E-state index in [-0.39, 0.29) is 0 Å². The fraction of sp³-hybridized carbons (Fsp3) is 0.214. The van der Waals surface area contributed by atoms with Crippen LogP contribution in [0.4, 0.5) is 0 Å². The highest BCUT2D eigenvalue weighted by Crippen LogP contribution is 2.31. The Kier molecular flexibility index (Phi) is 7.52. The highest BCUT2D eigenvalue weighted by atomic mass is 35.5. The summed E-state index contributed by atoms with van der Waals surface area (Å²) in [5.41, 5.74) is 6.89. The molecule has 0 saturated carbocycles. The monoisotopic (exact) mass is 445 g/mol. The summed E-state index contributed by atoms with van der Waals surface area (Å²) >= 11 is 6.05. The number of halogens is 1. The molecule has 0 bridgehead atoms. The third kappa shape index (κ3) is 5.54. The first kappa shape index (κ1) is 22.0. The standard InChI is InChI=1S/C28H28ClNO2/c1-21(27(14-16-29)32-20-23-10-6-3-7-11-23)28-26-13-12-25(18-24(26)15-17-30-28)31-19-22-8-4-2-5-9-22/h2-14,18,30H,15-17,19-20H2,1H3/b27-14+,28-21-. The lowest BCUT2D eigenvalue weighted by Gasteiger charge is -2.25. The van der Waals surface area contributed by atoms with E-state index in [0.717, 1.165) is 46.9 Å². The van der Waals surface area contributed by atoms with E-state index in [1.54, 1.807) is 0 Å². The highest BCUT2D eigenvalue weighted by molar-refractivity contribution is 6.19. The van der Waals surface area contributed by atoms with Gasteiger partial charge in [0.15, 0.2) is 0 Å². The van der Waals surface area contributed by atoms with Gasteiger partial charge in [0.25, 0.3) is 0 Å². The smallest absolute Gasteiger partial charge is 0.122 e. The number of rotatable bonds is 8. The molecule has 3 aromatic rings. The maximum absolute atomic E-state index is 6.16. The fourth-order valence-electron chi connectivity index (χ4n) is 3.85. The van der Waals surface area contributed by atoms with Crippen LogP contribution in [0.2, 0.25) is 0 Å². The Bertz CT molecular complexity index is 1090. The molecule has 164 valence electrons. The molecule has 1 N–H and O–H groups in total. The van der Waals surface area contributed by atoms with Gasteiger partial charge >= 0.3 is 0 Å². The van der Waals surface area contributed by atoms with Gasteiger partial charge in [0.2, 0.25) is 0 Å². The minimum atomic E-state index is 0.397. The zero-order chi connectivity index (χ0) is 22.2. The van der Waals surface area contributed by atoms with E-state index in [0.29, 0.717) is 19.1 Å². The zero-order valence-corrected chi connectivity index (χ0v) is 19.1. The molecule has 0 radical (unpaired) electrons. The molecule has 1 heterocycles. The normalized spacial score (nSPS) is 14.9. The van der Waals surface area contributed by atoms with Crippen LogP contribution >= 0.6 is 11.6 Å². The Morgan fingerprint density at radius 3 is 2.31 bits per heavy atom. The first-order chi connectivity index (χ1) is 15.7.